The highest BCUT2D eigenvalue weighted by molar-refractivity contribution is 5.80. The molecule has 0 aliphatic rings. The number of pyridine rings is 1. The summed E-state index contributed by atoms with van der Waals surface area (Å²) in [4.78, 5) is 15.8. The van der Waals surface area contributed by atoms with E-state index in [2.05, 4.69) is 11.9 Å². The first-order chi connectivity index (χ1) is 7.72. The number of nitrogens with zero attached hydrogens (tertiary/aromatic N) is 1. The topological polar surface area (TPSA) is 56.0 Å². The van der Waals surface area contributed by atoms with Crippen molar-refractivity contribution < 1.29 is 4.79 Å². The van der Waals surface area contributed by atoms with Crippen LogP contribution in [-0.4, -0.2) is 17.3 Å². The van der Waals surface area contributed by atoms with E-state index < -0.39 is 0 Å². The molecule has 0 saturated carbocycles. The van der Waals surface area contributed by atoms with Gasteiger partial charge in [-0.05, 0) is 37.4 Å². The van der Waals surface area contributed by atoms with E-state index in [0.717, 1.165) is 18.5 Å². The number of hydrogen-bond acceptors (Lipinski definition) is 3. The molecule has 1 aromatic rings. The van der Waals surface area contributed by atoms with Gasteiger partial charge < -0.3 is 5.73 Å². The van der Waals surface area contributed by atoms with Gasteiger partial charge >= 0.3 is 0 Å². The van der Waals surface area contributed by atoms with Crippen LogP contribution in [0.5, 0.6) is 0 Å². The molecule has 0 aromatic carbocycles. The number of carbonyl (C=O) groups is 1. The molecule has 1 aromatic heterocycles. The van der Waals surface area contributed by atoms with Gasteiger partial charge in [0.15, 0.2) is 0 Å². The summed E-state index contributed by atoms with van der Waals surface area (Å²) in [6.07, 6.45) is 4.74. The van der Waals surface area contributed by atoms with E-state index in [4.69, 9.17) is 5.73 Å². The number of nitrogens with two attached hydrogens (primary N) is 1. The molecule has 0 spiro atoms. The van der Waals surface area contributed by atoms with Crippen molar-refractivity contribution in [1.29, 1.82) is 0 Å². The summed E-state index contributed by atoms with van der Waals surface area (Å²) in [5.41, 5.74) is 6.32. The van der Waals surface area contributed by atoms with Crippen LogP contribution in [0.15, 0.2) is 24.4 Å². The summed E-state index contributed by atoms with van der Waals surface area (Å²) in [6, 6.07) is 5.66. The number of Topliss-reactive ketones (excluding diaryl/α,β-unsaturated/α-hetero) is 1. The lowest BCUT2D eigenvalue weighted by Gasteiger charge is -2.08. The maximum Gasteiger partial charge on any atom is 0.138 e. The number of hydrogen-bond donors (Lipinski definition) is 1. The molecule has 1 atom stereocenters. The van der Waals surface area contributed by atoms with Crippen LogP contribution < -0.4 is 5.73 Å². The van der Waals surface area contributed by atoms with Crippen LogP contribution in [0.4, 0.5) is 0 Å². The van der Waals surface area contributed by atoms with E-state index in [0.29, 0.717) is 25.3 Å². The molecule has 0 aliphatic heterocycles. The minimum Gasteiger partial charge on any atom is -0.330 e. The van der Waals surface area contributed by atoms with Crippen molar-refractivity contribution in [1.82, 2.24) is 4.98 Å². The van der Waals surface area contributed by atoms with E-state index >= 15 is 0 Å². The molecule has 1 unspecified atom stereocenters. The molecule has 0 fully saturated rings. The van der Waals surface area contributed by atoms with Crippen molar-refractivity contribution in [2.75, 3.05) is 6.54 Å². The van der Waals surface area contributed by atoms with Gasteiger partial charge in [0.1, 0.15) is 5.78 Å². The van der Waals surface area contributed by atoms with Crippen LogP contribution in [-0.2, 0) is 11.2 Å². The third kappa shape index (κ3) is 5.03. The van der Waals surface area contributed by atoms with Crippen molar-refractivity contribution in [3.63, 3.8) is 0 Å². The van der Waals surface area contributed by atoms with Gasteiger partial charge in [-0.2, -0.15) is 0 Å². The number of carbonyl (C=O) groups excluding carboxylic acids is 1. The molecule has 0 radical (unpaired) electrons. The van der Waals surface area contributed by atoms with Crippen LogP contribution in [0.3, 0.4) is 0 Å². The van der Waals surface area contributed by atoms with Gasteiger partial charge in [-0.3, -0.25) is 9.78 Å². The smallest absolute Gasteiger partial charge is 0.138 e. The van der Waals surface area contributed by atoms with Crippen LogP contribution in [0.1, 0.15) is 31.9 Å². The van der Waals surface area contributed by atoms with Crippen LogP contribution in [0.25, 0.3) is 0 Å². The number of rotatable bonds is 7. The fourth-order valence-corrected chi connectivity index (χ4v) is 1.63. The maximum absolute atomic E-state index is 11.6. The molecule has 0 amide bonds. The molecule has 1 heterocycles. The second kappa shape index (κ2) is 7.12. The lowest BCUT2D eigenvalue weighted by atomic mass is 9.99. The highest BCUT2D eigenvalue weighted by Gasteiger charge is 2.07. The Kier molecular flexibility index (Phi) is 5.72. The normalized spacial score (nSPS) is 12.4. The van der Waals surface area contributed by atoms with Crippen molar-refractivity contribution in [3.05, 3.63) is 30.1 Å². The van der Waals surface area contributed by atoms with E-state index in [1.54, 1.807) is 6.20 Å². The van der Waals surface area contributed by atoms with Crippen LogP contribution in [0.2, 0.25) is 0 Å². The Morgan fingerprint density at radius 2 is 2.25 bits per heavy atom. The van der Waals surface area contributed by atoms with Gasteiger partial charge in [0.25, 0.3) is 0 Å². The Labute approximate surface area is 97.1 Å². The van der Waals surface area contributed by atoms with Crippen molar-refractivity contribution in [2.45, 2.75) is 32.6 Å². The summed E-state index contributed by atoms with van der Waals surface area (Å²) in [5, 5.41) is 0. The molecule has 3 nitrogen and oxygen atoms in total. The van der Waals surface area contributed by atoms with Crippen molar-refractivity contribution >= 4 is 5.78 Å². The third-order valence-corrected chi connectivity index (χ3v) is 2.68. The Morgan fingerprint density at radius 1 is 1.44 bits per heavy atom. The summed E-state index contributed by atoms with van der Waals surface area (Å²) in [5.74, 6) is 0.806. The average molecular weight is 220 g/mol. The van der Waals surface area contributed by atoms with Gasteiger partial charge in [-0.25, -0.2) is 0 Å². The fourth-order valence-electron chi connectivity index (χ4n) is 1.63. The van der Waals surface area contributed by atoms with Crippen molar-refractivity contribution in [2.24, 2.45) is 11.7 Å². The lowest BCUT2D eigenvalue weighted by Crippen LogP contribution is -2.09. The van der Waals surface area contributed by atoms with Gasteiger partial charge in [0.05, 0.1) is 0 Å². The molecule has 16 heavy (non-hydrogen) atoms. The van der Waals surface area contributed by atoms with Gasteiger partial charge in [-0.1, -0.05) is 13.0 Å². The zero-order chi connectivity index (χ0) is 11.8. The van der Waals surface area contributed by atoms with Crippen molar-refractivity contribution in [3.8, 4) is 0 Å². The Balaban J connectivity index is 2.26. The number of aromatic nitrogens is 1. The van der Waals surface area contributed by atoms with E-state index in [1.165, 1.54) is 0 Å². The largest absolute Gasteiger partial charge is 0.330 e. The molecular formula is C13H20N2O. The highest BCUT2D eigenvalue weighted by atomic mass is 16.1. The molecule has 0 aliphatic carbocycles. The molecule has 88 valence electrons. The van der Waals surface area contributed by atoms with Gasteiger partial charge in [-0.15, -0.1) is 0 Å². The zero-order valence-electron chi connectivity index (χ0n) is 9.86. The van der Waals surface area contributed by atoms with Crippen LogP contribution >= 0.6 is 0 Å². The molecule has 0 saturated heterocycles. The van der Waals surface area contributed by atoms with E-state index in [9.17, 15) is 4.79 Å². The molecule has 1 rings (SSSR count). The third-order valence-electron chi connectivity index (χ3n) is 2.68. The SMILES string of the molecule is CC(CCN)CCC(=O)Cc1ccccn1. The summed E-state index contributed by atoms with van der Waals surface area (Å²) < 4.78 is 0. The molecule has 3 heteroatoms. The first-order valence-electron chi connectivity index (χ1n) is 5.84. The average Bonchev–Trinajstić information content (AvgIpc) is 2.28. The highest BCUT2D eigenvalue weighted by Crippen LogP contribution is 2.10. The summed E-state index contributed by atoms with van der Waals surface area (Å²) in [6.45, 7) is 2.84. The lowest BCUT2D eigenvalue weighted by molar-refractivity contribution is -0.118. The Hall–Kier alpha value is -1.22. The van der Waals surface area contributed by atoms with Gasteiger partial charge in [0.2, 0.25) is 0 Å². The minimum absolute atomic E-state index is 0.266. The first-order valence-corrected chi connectivity index (χ1v) is 5.84. The predicted molar refractivity (Wildman–Crippen MR) is 65.0 cm³/mol. The standard InChI is InChI=1S/C13H20N2O/c1-11(7-8-14)5-6-13(16)10-12-4-2-3-9-15-12/h2-4,9,11H,5-8,10,14H2,1H3. The molecule has 2 N–H and O–H groups in total. The van der Waals surface area contributed by atoms with E-state index in [1.807, 2.05) is 18.2 Å². The molecular weight excluding hydrogens is 200 g/mol. The maximum atomic E-state index is 11.6. The monoisotopic (exact) mass is 220 g/mol. The van der Waals surface area contributed by atoms with Gasteiger partial charge in [0, 0.05) is 24.7 Å². The second-order valence-corrected chi connectivity index (χ2v) is 4.26. The molecule has 0 bridgehead atoms. The Bertz CT molecular complexity index is 311. The predicted octanol–water partition coefficient (Wildman–Crippen LogP) is 1.96. The van der Waals surface area contributed by atoms with Crippen LogP contribution in [0, 0.1) is 5.92 Å². The van der Waals surface area contributed by atoms with E-state index in [-0.39, 0.29) is 5.78 Å². The Morgan fingerprint density at radius 3 is 2.88 bits per heavy atom. The second-order valence-electron chi connectivity index (χ2n) is 4.26. The fraction of sp³-hybridized carbons (Fsp3) is 0.538. The summed E-state index contributed by atoms with van der Waals surface area (Å²) in [7, 11) is 0. The first kappa shape index (κ1) is 12.8. The minimum atomic E-state index is 0.266. The zero-order valence-corrected chi connectivity index (χ0v) is 9.86. The summed E-state index contributed by atoms with van der Waals surface area (Å²) >= 11 is 0. The quantitative estimate of drug-likeness (QED) is 0.764. The number of ketones is 1.